The van der Waals surface area contributed by atoms with Crippen molar-refractivity contribution < 1.29 is 14.4 Å². The minimum Gasteiger partial charge on any atom is -0.359 e. The van der Waals surface area contributed by atoms with Crippen LogP contribution in [-0.4, -0.2) is 38.9 Å². The van der Waals surface area contributed by atoms with E-state index >= 15 is 0 Å². The van der Waals surface area contributed by atoms with E-state index in [1.807, 2.05) is 27.7 Å². The van der Waals surface area contributed by atoms with E-state index in [0.717, 1.165) is 38.5 Å². The van der Waals surface area contributed by atoms with Crippen LogP contribution in [0.1, 0.15) is 85.5 Å². The van der Waals surface area contributed by atoms with Crippen LogP contribution < -0.4 is 16.0 Å². The predicted molar refractivity (Wildman–Crippen MR) is 117 cm³/mol. The van der Waals surface area contributed by atoms with Crippen LogP contribution in [0, 0.1) is 22.2 Å². The average Bonchev–Trinajstić information content (AvgIpc) is 2.68. The van der Waals surface area contributed by atoms with Gasteiger partial charge in [0.25, 0.3) is 0 Å². The molecule has 0 heterocycles. The molecule has 0 atom stereocenters. The summed E-state index contributed by atoms with van der Waals surface area (Å²) in [6.45, 7) is 8.00. The predicted octanol–water partition coefficient (Wildman–Crippen LogP) is 3.40. The fourth-order valence-corrected chi connectivity index (χ4v) is 6.94. The maximum Gasteiger partial charge on any atom is 0.220 e. The zero-order valence-electron chi connectivity index (χ0n) is 19.7. The molecule has 0 aliphatic heterocycles. The van der Waals surface area contributed by atoms with Crippen molar-refractivity contribution in [1.29, 1.82) is 0 Å². The molecule has 4 bridgehead atoms. The number of nitrogens with one attached hydrogen (secondary N) is 3. The first-order valence-electron chi connectivity index (χ1n) is 11.4. The lowest BCUT2D eigenvalue weighted by molar-refractivity contribution is -0.175. The summed E-state index contributed by atoms with van der Waals surface area (Å²) >= 11 is 0. The second kappa shape index (κ2) is 10.4. The Labute approximate surface area is 177 Å². The molecule has 4 aliphatic carbocycles. The van der Waals surface area contributed by atoms with Gasteiger partial charge in [-0.25, -0.2) is 0 Å². The van der Waals surface area contributed by atoms with Crippen LogP contribution in [0.3, 0.4) is 0 Å². The molecule has 0 radical (unpaired) electrons. The van der Waals surface area contributed by atoms with Crippen LogP contribution in [0.15, 0.2) is 0 Å². The van der Waals surface area contributed by atoms with Gasteiger partial charge in [-0.15, -0.1) is 0 Å². The summed E-state index contributed by atoms with van der Waals surface area (Å²) < 4.78 is 0. The highest BCUT2D eigenvalue weighted by molar-refractivity contribution is 5.78. The number of hydrogen-bond acceptors (Lipinski definition) is 3. The van der Waals surface area contributed by atoms with Crippen molar-refractivity contribution in [3.05, 3.63) is 0 Å². The standard InChI is InChI=1S/C19H31N3O3.2C2H6/c1-20-14(23)7-17-4-13-5-18(10-17,8-15(24)21-2)12-19(6-13,11-17)9-16(25)22-3;2*1-2/h13H,4-12H2,1-3H3,(H,20,23)(H,21,24)(H,22,25);2*1-2H3. The summed E-state index contributed by atoms with van der Waals surface area (Å²) in [7, 11) is 5.05. The molecule has 4 aliphatic rings. The van der Waals surface area contributed by atoms with Gasteiger partial charge in [0.15, 0.2) is 0 Å². The van der Waals surface area contributed by atoms with Gasteiger partial charge in [-0.3, -0.25) is 14.4 Å². The molecule has 4 rings (SSSR count). The van der Waals surface area contributed by atoms with Crippen LogP contribution in [-0.2, 0) is 14.4 Å². The third-order valence-corrected chi connectivity index (χ3v) is 6.86. The van der Waals surface area contributed by atoms with Crippen LogP contribution in [0.2, 0.25) is 0 Å². The van der Waals surface area contributed by atoms with Gasteiger partial charge < -0.3 is 16.0 Å². The van der Waals surface area contributed by atoms with E-state index in [9.17, 15) is 14.4 Å². The zero-order valence-corrected chi connectivity index (χ0v) is 19.7. The fraction of sp³-hybridized carbons (Fsp3) is 0.870. The van der Waals surface area contributed by atoms with Gasteiger partial charge >= 0.3 is 0 Å². The third kappa shape index (κ3) is 5.73. The Bertz CT molecular complexity index is 501. The second-order valence-electron chi connectivity index (χ2n) is 9.06. The molecule has 168 valence electrons. The lowest BCUT2D eigenvalue weighted by Gasteiger charge is -2.66. The summed E-state index contributed by atoms with van der Waals surface area (Å²) in [5, 5.41) is 8.31. The zero-order chi connectivity index (χ0) is 22.3. The summed E-state index contributed by atoms with van der Waals surface area (Å²) in [6.07, 6.45) is 7.55. The summed E-state index contributed by atoms with van der Waals surface area (Å²) in [6, 6.07) is 0. The van der Waals surface area contributed by atoms with Crippen LogP contribution in [0.5, 0.6) is 0 Å². The molecule has 0 aromatic carbocycles. The quantitative estimate of drug-likeness (QED) is 0.628. The van der Waals surface area contributed by atoms with E-state index in [4.69, 9.17) is 0 Å². The van der Waals surface area contributed by atoms with Crippen LogP contribution in [0.25, 0.3) is 0 Å². The summed E-state index contributed by atoms with van der Waals surface area (Å²) in [5.74, 6) is 0.752. The SMILES string of the molecule is CC.CC.CNC(=O)CC12CC3CC(CC(=O)NC)(C1)CC(CC(=O)NC)(C3)C2. The topological polar surface area (TPSA) is 87.3 Å². The highest BCUT2D eigenvalue weighted by atomic mass is 16.2. The van der Waals surface area contributed by atoms with Crippen molar-refractivity contribution in [3.8, 4) is 0 Å². The van der Waals surface area contributed by atoms with E-state index in [1.165, 1.54) is 0 Å². The van der Waals surface area contributed by atoms with Gasteiger partial charge in [0, 0.05) is 40.4 Å². The van der Waals surface area contributed by atoms with Crippen molar-refractivity contribution in [2.24, 2.45) is 22.2 Å². The molecule has 6 heteroatoms. The molecule has 0 unspecified atom stereocenters. The molecule has 29 heavy (non-hydrogen) atoms. The minimum atomic E-state index is -0.0540. The minimum absolute atomic E-state index is 0.0540. The van der Waals surface area contributed by atoms with E-state index in [1.54, 1.807) is 21.1 Å². The van der Waals surface area contributed by atoms with Crippen LogP contribution in [0.4, 0.5) is 0 Å². The van der Waals surface area contributed by atoms with E-state index in [2.05, 4.69) is 16.0 Å². The van der Waals surface area contributed by atoms with Gasteiger partial charge in [-0.1, -0.05) is 27.7 Å². The highest BCUT2D eigenvalue weighted by Crippen LogP contribution is 2.72. The Morgan fingerprint density at radius 1 is 0.621 bits per heavy atom. The summed E-state index contributed by atoms with van der Waals surface area (Å²) in [5.41, 5.74) is -0.162. The molecule has 6 nitrogen and oxygen atoms in total. The van der Waals surface area contributed by atoms with Crippen molar-refractivity contribution in [2.45, 2.75) is 85.5 Å². The number of rotatable bonds is 6. The first-order valence-corrected chi connectivity index (χ1v) is 11.4. The largest absolute Gasteiger partial charge is 0.359 e. The molecule has 0 spiro atoms. The average molecular weight is 410 g/mol. The highest BCUT2D eigenvalue weighted by Gasteiger charge is 2.63. The maximum absolute atomic E-state index is 12.2. The molecule has 4 fully saturated rings. The third-order valence-electron chi connectivity index (χ3n) is 6.86. The molecular formula is C23H43N3O3. The van der Waals surface area contributed by atoms with Crippen molar-refractivity contribution in [1.82, 2.24) is 16.0 Å². The Morgan fingerprint density at radius 2 is 0.862 bits per heavy atom. The van der Waals surface area contributed by atoms with E-state index < -0.39 is 0 Å². The van der Waals surface area contributed by atoms with Gasteiger partial charge in [0.05, 0.1) is 0 Å². The first kappa shape index (κ1) is 25.4. The monoisotopic (exact) mass is 409 g/mol. The fourth-order valence-electron chi connectivity index (χ4n) is 6.94. The van der Waals surface area contributed by atoms with Crippen molar-refractivity contribution in [3.63, 3.8) is 0 Å². The van der Waals surface area contributed by atoms with Gasteiger partial charge in [0.1, 0.15) is 0 Å². The summed E-state index contributed by atoms with van der Waals surface area (Å²) in [4.78, 5) is 36.6. The number of carbonyl (C=O) groups is 3. The molecular weight excluding hydrogens is 366 g/mol. The number of hydrogen-bond donors (Lipinski definition) is 3. The normalized spacial score (nSPS) is 33.4. The Kier molecular flexibility index (Phi) is 9.16. The van der Waals surface area contributed by atoms with Gasteiger partial charge in [-0.2, -0.15) is 0 Å². The Balaban J connectivity index is 0.000000989. The molecule has 4 saturated carbocycles. The lowest BCUT2D eigenvalue weighted by atomic mass is 9.38. The van der Waals surface area contributed by atoms with Crippen LogP contribution >= 0.6 is 0 Å². The molecule has 3 amide bonds. The molecule has 0 saturated heterocycles. The number of amides is 3. The van der Waals surface area contributed by atoms with E-state index in [-0.39, 0.29) is 34.0 Å². The van der Waals surface area contributed by atoms with Crippen molar-refractivity contribution >= 4 is 17.7 Å². The Hall–Kier alpha value is -1.59. The maximum atomic E-state index is 12.2. The van der Waals surface area contributed by atoms with E-state index in [0.29, 0.717) is 25.2 Å². The van der Waals surface area contributed by atoms with Gasteiger partial charge in [0.2, 0.25) is 17.7 Å². The molecule has 0 aromatic heterocycles. The Morgan fingerprint density at radius 3 is 1.07 bits per heavy atom. The smallest absolute Gasteiger partial charge is 0.220 e. The van der Waals surface area contributed by atoms with Gasteiger partial charge in [-0.05, 0) is 60.7 Å². The lowest BCUT2D eigenvalue weighted by Crippen LogP contribution is -2.59. The molecule has 3 N–H and O–H groups in total. The number of carbonyl (C=O) groups excluding carboxylic acids is 3. The first-order chi connectivity index (χ1) is 13.8. The van der Waals surface area contributed by atoms with Crippen molar-refractivity contribution in [2.75, 3.05) is 21.1 Å². The molecule has 0 aromatic rings. The second-order valence-corrected chi connectivity index (χ2v) is 9.06.